The third-order valence-electron chi connectivity index (χ3n) is 11.9. The number of amides is 2. The second-order valence-electron chi connectivity index (χ2n) is 18.1. The van der Waals surface area contributed by atoms with Crippen LogP contribution in [0.2, 0.25) is 0 Å². The van der Waals surface area contributed by atoms with E-state index in [-0.39, 0.29) is 68.8 Å². The Bertz CT molecular complexity index is 2410. The molecule has 3 aromatic heterocycles. The lowest BCUT2D eigenvalue weighted by molar-refractivity contribution is 0.0209. The molecule has 0 radical (unpaired) electrons. The van der Waals surface area contributed by atoms with Crippen molar-refractivity contribution in [2.24, 2.45) is 5.92 Å². The monoisotopic (exact) mass is 815 g/mol. The van der Waals surface area contributed by atoms with Gasteiger partial charge in [-0.25, -0.2) is 23.4 Å². The van der Waals surface area contributed by atoms with Crippen molar-refractivity contribution in [3.63, 3.8) is 0 Å². The molecule has 4 saturated heterocycles. The summed E-state index contributed by atoms with van der Waals surface area (Å²) in [5, 5.41) is 13.7. The fourth-order valence-electron chi connectivity index (χ4n) is 9.49. The third kappa shape index (κ3) is 6.53. The number of benzene rings is 1. The number of rotatable bonds is 4. The van der Waals surface area contributed by atoms with Crippen molar-refractivity contribution in [1.82, 2.24) is 24.8 Å². The van der Waals surface area contributed by atoms with Gasteiger partial charge in [0.05, 0.1) is 40.8 Å². The number of halogens is 2. The summed E-state index contributed by atoms with van der Waals surface area (Å²) >= 11 is 0.859. The van der Waals surface area contributed by atoms with Crippen molar-refractivity contribution >= 4 is 61.3 Å². The lowest BCUT2D eigenvalue weighted by Crippen LogP contribution is -2.56. The number of aromatic nitrogens is 3. The molecule has 9 rings (SSSR count). The smallest absolute Gasteiger partial charge is 0.412 e. The van der Waals surface area contributed by atoms with E-state index >= 15 is 8.78 Å². The molecule has 1 N–H and O–H groups in total. The number of likely N-dealkylation sites (tertiary alicyclic amines) is 2. The SMILES string of the molecule is CN1CC[C@@H]2CN(c3nc(N4C5CCC4CN(C(=O)OC(C)(C)C)C5)c4c5c(c(-c6ncc(F)c7sc(NC(=O)OC(C)(C)C)c(C#N)c67)c(F)c4n3)COC5)C[C@@H]21. The van der Waals surface area contributed by atoms with E-state index in [4.69, 9.17) is 24.2 Å². The van der Waals surface area contributed by atoms with Crippen LogP contribution in [0, 0.1) is 28.9 Å². The van der Waals surface area contributed by atoms with Gasteiger partial charge in [-0.3, -0.25) is 10.3 Å². The van der Waals surface area contributed by atoms with E-state index < -0.39 is 28.9 Å². The van der Waals surface area contributed by atoms with Gasteiger partial charge in [0, 0.05) is 55.3 Å². The molecule has 8 heterocycles. The number of likely N-dealkylation sites (N-methyl/N-ethyl adjacent to an activating group) is 1. The van der Waals surface area contributed by atoms with Crippen LogP contribution >= 0.6 is 11.3 Å². The van der Waals surface area contributed by atoms with Crippen molar-refractivity contribution in [1.29, 1.82) is 5.26 Å². The molecule has 5 aliphatic heterocycles. The summed E-state index contributed by atoms with van der Waals surface area (Å²) in [4.78, 5) is 49.4. The topological polar surface area (TPSA) is 149 Å². The van der Waals surface area contributed by atoms with Gasteiger partial charge in [-0.2, -0.15) is 10.2 Å². The summed E-state index contributed by atoms with van der Waals surface area (Å²) in [5.41, 5.74) is -0.121. The first kappa shape index (κ1) is 38.6. The van der Waals surface area contributed by atoms with Crippen molar-refractivity contribution < 1.29 is 32.6 Å². The van der Waals surface area contributed by atoms with Crippen molar-refractivity contribution in [2.45, 2.75) is 103 Å². The molecule has 306 valence electrons. The molecule has 0 aliphatic carbocycles. The molecule has 4 atom stereocenters. The highest BCUT2D eigenvalue weighted by Gasteiger charge is 2.46. The molecular formula is C41H47F2N9O5S. The van der Waals surface area contributed by atoms with E-state index in [0.717, 1.165) is 49.9 Å². The van der Waals surface area contributed by atoms with E-state index in [2.05, 4.69) is 38.1 Å². The maximum atomic E-state index is 18.0. The maximum absolute atomic E-state index is 18.0. The number of piperazine rings is 1. The second kappa shape index (κ2) is 13.8. The maximum Gasteiger partial charge on any atom is 0.412 e. The Morgan fingerprint density at radius 3 is 2.34 bits per heavy atom. The highest BCUT2D eigenvalue weighted by atomic mass is 32.1. The van der Waals surface area contributed by atoms with Gasteiger partial charge in [0.25, 0.3) is 0 Å². The van der Waals surface area contributed by atoms with Gasteiger partial charge in [0.1, 0.15) is 33.6 Å². The summed E-state index contributed by atoms with van der Waals surface area (Å²) in [6.45, 7) is 14.2. The van der Waals surface area contributed by atoms with Crippen LogP contribution in [0.15, 0.2) is 6.20 Å². The van der Waals surface area contributed by atoms with Gasteiger partial charge in [-0.15, -0.1) is 11.3 Å². The minimum atomic E-state index is -0.825. The molecule has 2 unspecified atom stereocenters. The van der Waals surface area contributed by atoms with Crippen molar-refractivity contribution in [3.05, 3.63) is 34.5 Å². The zero-order valence-corrected chi connectivity index (χ0v) is 34.6. The largest absolute Gasteiger partial charge is 0.444 e. The number of hydrogen-bond acceptors (Lipinski definition) is 13. The van der Waals surface area contributed by atoms with E-state index in [9.17, 15) is 14.9 Å². The number of nitrogens with one attached hydrogen (secondary N) is 1. The highest BCUT2D eigenvalue weighted by molar-refractivity contribution is 7.23. The summed E-state index contributed by atoms with van der Waals surface area (Å²) < 4.78 is 50.9. The summed E-state index contributed by atoms with van der Waals surface area (Å²) in [6.07, 6.45) is 2.52. The van der Waals surface area contributed by atoms with E-state index in [1.807, 2.05) is 20.8 Å². The number of hydrogen-bond donors (Lipinski definition) is 1. The van der Waals surface area contributed by atoms with Crippen LogP contribution in [0.4, 0.5) is 35.1 Å². The first-order valence-corrected chi connectivity index (χ1v) is 20.7. The molecule has 1 aromatic carbocycles. The van der Waals surface area contributed by atoms with Crippen LogP contribution in [-0.2, 0) is 27.4 Å². The van der Waals surface area contributed by atoms with Crippen molar-refractivity contribution in [2.75, 3.05) is 54.9 Å². The van der Waals surface area contributed by atoms with Crippen LogP contribution in [0.5, 0.6) is 0 Å². The summed E-state index contributed by atoms with van der Waals surface area (Å²) in [6, 6.07) is 2.24. The van der Waals surface area contributed by atoms with Crippen LogP contribution in [0.25, 0.3) is 32.2 Å². The van der Waals surface area contributed by atoms with Crippen LogP contribution in [0.1, 0.15) is 77.5 Å². The standard InChI is InChI=1S/C41H47F2N9O5S/c1-40(2,3)56-38(53)48-36-23(12-44)29-32(45-13-26(42)34(29)58-36)28-24-18-55-19-25(24)30-33(31(28)43)46-37(50-14-20-10-11-49(7)27(20)17-50)47-35(30)52-21-8-9-22(52)16-51(15-21)39(54)57-41(4,5)6/h13,20-22,27H,8-11,14-19H2,1-7H3,(H,48,53)/t20-,21?,22?,27+/m1/s1. The van der Waals surface area contributed by atoms with Gasteiger partial charge in [-0.05, 0) is 91.4 Å². The van der Waals surface area contributed by atoms with Crippen molar-refractivity contribution in [3.8, 4) is 17.3 Å². The average molecular weight is 816 g/mol. The van der Waals surface area contributed by atoms with Crippen LogP contribution < -0.4 is 15.1 Å². The molecule has 0 spiro atoms. The zero-order chi connectivity index (χ0) is 41.0. The highest BCUT2D eigenvalue weighted by Crippen LogP contribution is 2.49. The fourth-order valence-corrected chi connectivity index (χ4v) is 10.5. The first-order valence-electron chi connectivity index (χ1n) is 19.8. The Kier molecular flexibility index (Phi) is 9.21. The molecule has 58 heavy (non-hydrogen) atoms. The Labute approximate surface area is 339 Å². The van der Waals surface area contributed by atoms with E-state index in [1.54, 1.807) is 25.7 Å². The van der Waals surface area contributed by atoms with Gasteiger partial charge in [-0.1, -0.05) is 0 Å². The zero-order valence-electron chi connectivity index (χ0n) is 33.7. The molecule has 4 aromatic rings. The van der Waals surface area contributed by atoms with Gasteiger partial charge in [0.15, 0.2) is 11.6 Å². The molecular weight excluding hydrogens is 769 g/mol. The molecule has 4 fully saturated rings. The first-order chi connectivity index (χ1) is 27.5. The number of thiophene rings is 1. The van der Waals surface area contributed by atoms with Gasteiger partial charge < -0.3 is 33.8 Å². The summed E-state index contributed by atoms with van der Waals surface area (Å²) in [5.74, 6) is 0.0421. The summed E-state index contributed by atoms with van der Waals surface area (Å²) in [7, 11) is 2.13. The lowest BCUT2D eigenvalue weighted by Gasteiger charge is -2.42. The number of fused-ring (bicyclic) bond motifs is 7. The quantitative estimate of drug-likeness (QED) is 0.223. The minimum absolute atomic E-state index is 0.0371. The number of pyridine rings is 1. The third-order valence-corrected chi connectivity index (χ3v) is 13.0. The second-order valence-corrected chi connectivity index (χ2v) is 19.1. The number of ether oxygens (including phenoxy) is 3. The van der Waals surface area contributed by atoms with Gasteiger partial charge in [0.2, 0.25) is 5.95 Å². The molecule has 2 amide bonds. The predicted octanol–water partition coefficient (Wildman–Crippen LogP) is 7.16. The van der Waals surface area contributed by atoms with E-state index in [0.29, 0.717) is 59.9 Å². The molecule has 17 heteroatoms. The fraction of sp³-hybridized carbons (Fsp3) is 0.561. The number of carbonyl (C=O) groups excluding carboxylic acids is 2. The minimum Gasteiger partial charge on any atom is -0.444 e. The predicted molar refractivity (Wildman–Crippen MR) is 215 cm³/mol. The van der Waals surface area contributed by atoms with Gasteiger partial charge >= 0.3 is 12.2 Å². The van der Waals surface area contributed by atoms with Crippen LogP contribution in [0.3, 0.4) is 0 Å². The van der Waals surface area contributed by atoms with E-state index in [1.165, 1.54) is 0 Å². The molecule has 0 saturated carbocycles. The Hall–Kier alpha value is -4.92. The number of carbonyl (C=O) groups is 2. The number of nitrogens with zero attached hydrogens (tertiary/aromatic N) is 8. The number of nitriles is 1. The normalized spacial score (nSPS) is 23.1. The molecule has 14 nitrogen and oxygen atoms in total. The number of anilines is 3. The lowest BCUT2D eigenvalue weighted by atomic mass is 9.93. The Morgan fingerprint density at radius 2 is 1.67 bits per heavy atom. The van der Waals surface area contributed by atoms with Crippen LogP contribution in [-0.4, -0.2) is 106 Å². The Morgan fingerprint density at radius 1 is 0.966 bits per heavy atom. The Balaban J connectivity index is 1.22. The molecule has 5 aliphatic rings. The molecule has 2 bridgehead atoms. The average Bonchev–Trinajstić information content (AvgIpc) is 3.97.